The van der Waals surface area contributed by atoms with Gasteiger partial charge in [0.25, 0.3) is 0 Å². The van der Waals surface area contributed by atoms with Gasteiger partial charge < -0.3 is 10.2 Å². The number of phenols is 1. The maximum absolute atomic E-state index is 10.6. The van der Waals surface area contributed by atoms with Gasteiger partial charge in [0.15, 0.2) is 0 Å². The molecule has 0 saturated heterocycles. The normalized spacial score (nSPS) is 11.4. The molecule has 0 aromatic heterocycles. The second kappa shape index (κ2) is 5.01. The molecule has 0 amide bonds. The van der Waals surface area contributed by atoms with Crippen molar-refractivity contribution >= 4 is 5.97 Å². The van der Waals surface area contributed by atoms with Gasteiger partial charge in [-0.1, -0.05) is 26.0 Å². The molecule has 0 fully saturated rings. The van der Waals surface area contributed by atoms with Gasteiger partial charge in [0.1, 0.15) is 5.75 Å². The van der Waals surface area contributed by atoms with Crippen LogP contribution in [0, 0.1) is 5.41 Å². The maximum atomic E-state index is 10.6. The minimum absolute atomic E-state index is 0.186. The van der Waals surface area contributed by atoms with Crippen LogP contribution in [0.25, 0.3) is 0 Å². The Morgan fingerprint density at radius 1 is 1.25 bits per heavy atom. The molecule has 1 aromatic rings. The number of carbonyl (C=O) groups is 1. The predicted molar refractivity (Wildman–Crippen MR) is 62.5 cm³/mol. The van der Waals surface area contributed by atoms with Gasteiger partial charge in [-0.25, -0.2) is 0 Å². The lowest BCUT2D eigenvalue weighted by molar-refractivity contribution is -0.139. The molecule has 0 radical (unpaired) electrons. The average molecular weight is 222 g/mol. The van der Waals surface area contributed by atoms with Gasteiger partial charge in [-0.15, -0.1) is 0 Å². The largest absolute Gasteiger partial charge is 0.508 e. The number of benzene rings is 1. The molecule has 0 aliphatic carbocycles. The molecule has 0 aliphatic heterocycles. The lowest BCUT2D eigenvalue weighted by atomic mass is 9.83. The minimum atomic E-state index is -0.754. The average Bonchev–Trinajstić information content (AvgIpc) is 2.15. The van der Waals surface area contributed by atoms with E-state index in [4.69, 9.17) is 10.2 Å². The Hall–Kier alpha value is -1.51. The molecule has 0 unspecified atom stereocenters. The third-order valence-electron chi connectivity index (χ3n) is 2.66. The first-order valence-corrected chi connectivity index (χ1v) is 5.39. The van der Waals surface area contributed by atoms with Crippen LogP contribution >= 0.6 is 0 Å². The van der Waals surface area contributed by atoms with Gasteiger partial charge >= 0.3 is 5.97 Å². The fraction of sp³-hybridized carbons (Fsp3) is 0.462. The first kappa shape index (κ1) is 12.6. The van der Waals surface area contributed by atoms with Crippen molar-refractivity contribution in [2.24, 2.45) is 5.41 Å². The van der Waals surface area contributed by atoms with E-state index in [9.17, 15) is 4.79 Å². The van der Waals surface area contributed by atoms with Crippen molar-refractivity contribution in [1.29, 1.82) is 0 Å². The summed E-state index contributed by atoms with van der Waals surface area (Å²) >= 11 is 0. The van der Waals surface area contributed by atoms with Gasteiger partial charge in [-0.05, 0) is 36.0 Å². The summed E-state index contributed by atoms with van der Waals surface area (Å²) in [6, 6.07) is 7.04. The topological polar surface area (TPSA) is 57.5 Å². The van der Waals surface area contributed by atoms with E-state index >= 15 is 0 Å². The highest BCUT2D eigenvalue weighted by Crippen LogP contribution is 2.27. The van der Waals surface area contributed by atoms with Crippen LogP contribution in [0.5, 0.6) is 5.75 Å². The number of rotatable bonds is 5. The molecule has 0 heterocycles. The monoisotopic (exact) mass is 222 g/mol. The number of aromatic hydroxyl groups is 1. The number of carboxylic acid groups (broad SMARTS) is 1. The highest BCUT2D eigenvalue weighted by molar-refractivity contribution is 5.67. The van der Waals surface area contributed by atoms with Crippen molar-refractivity contribution in [2.75, 3.05) is 0 Å². The highest BCUT2D eigenvalue weighted by atomic mass is 16.4. The Morgan fingerprint density at radius 2 is 1.81 bits per heavy atom. The van der Waals surface area contributed by atoms with E-state index < -0.39 is 5.97 Å². The number of aliphatic carboxylic acids is 1. The molecule has 0 aliphatic rings. The standard InChI is InChI=1S/C13H18O3/c1-13(2,9-12(15)16)8-7-10-3-5-11(14)6-4-10/h3-6,14H,7-9H2,1-2H3,(H,15,16). The zero-order valence-electron chi connectivity index (χ0n) is 9.73. The van der Waals surface area contributed by atoms with E-state index in [1.807, 2.05) is 26.0 Å². The second-order valence-corrected chi connectivity index (χ2v) is 4.90. The van der Waals surface area contributed by atoms with Gasteiger partial charge in [0, 0.05) is 0 Å². The lowest BCUT2D eigenvalue weighted by Crippen LogP contribution is -2.17. The van der Waals surface area contributed by atoms with E-state index in [1.54, 1.807) is 12.1 Å². The van der Waals surface area contributed by atoms with Crippen LogP contribution in [-0.4, -0.2) is 16.2 Å². The van der Waals surface area contributed by atoms with E-state index in [0.717, 1.165) is 18.4 Å². The van der Waals surface area contributed by atoms with Gasteiger partial charge in [-0.3, -0.25) is 4.79 Å². The van der Waals surface area contributed by atoms with E-state index in [0.29, 0.717) is 0 Å². The quantitative estimate of drug-likeness (QED) is 0.805. The zero-order valence-corrected chi connectivity index (χ0v) is 9.73. The van der Waals surface area contributed by atoms with Gasteiger partial charge in [-0.2, -0.15) is 0 Å². The first-order valence-electron chi connectivity index (χ1n) is 5.39. The molecule has 1 aromatic carbocycles. The summed E-state index contributed by atoms with van der Waals surface area (Å²) < 4.78 is 0. The molecule has 2 N–H and O–H groups in total. The van der Waals surface area contributed by atoms with Crippen LogP contribution in [0.3, 0.4) is 0 Å². The SMILES string of the molecule is CC(C)(CCc1ccc(O)cc1)CC(=O)O. The minimum Gasteiger partial charge on any atom is -0.508 e. The van der Waals surface area contributed by atoms with Crippen LogP contribution in [0.4, 0.5) is 0 Å². The summed E-state index contributed by atoms with van der Waals surface area (Å²) in [5.41, 5.74) is 0.931. The number of phenolic OH excluding ortho intramolecular Hbond substituents is 1. The van der Waals surface area contributed by atoms with Gasteiger partial charge in [0.05, 0.1) is 6.42 Å². The third-order valence-corrected chi connectivity index (χ3v) is 2.66. The summed E-state index contributed by atoms with van der Waals surface area (Å²) in [5.74, 6) is -0.496. The third kappa shape index (κ3) is 4.34. The lowest BCUT2D eigenvalue weighted by Gasteiger charge is -2.22. The molecule has 0 atom stereocenters. The Morgan fingerprint density at radius 3 is 2.31 bits per heavy atom. The molecule has 3 nitrogen and oxygen atoms in total. The van der Waals surface area contributed by atoms with Crippen LogP contribution in [0.2, 0.25) is 0 Å². The summed E-state index contributed by atoms with van der Waals surface area (Å²) in [7, 11) is 0. The molecule has 0 saturated carbocycles. The van der Waals surface area contributed by atoms with E-state index in [-0.39, 0.29) is 17.6 Å². The number of carboxylic acids is 1. The van der Waals surface area contributed by atoms with Crippen LogP contribution in [-0.2, 0) is 11.2 Å². The second-order valence-electron chi connectivity index (χ2n) is 4.90. The van der Waals surface area contributed by atoms with Crippen molar-refractivity contribution in [3.8, 4) is 5.75 Å². The smallest absolute Gasteiger partial charge is 0.303 e. The predicted octanol–water partition coefficient (Wildman–Crippen LogP) is 2.83. The number of hydrogen-bond donors (Lipinski definition) is 2. The maximum Gasteiger partial charge on any atom is 0.303 e. The van der Waals surface area contributed by atoms with Crippen molar-refractivity contribution in [3.63, 3.8) is 0 Å². The van der Waals surface area contributed by atoms with Crippen molar-refractivity contribution in [2.45, 2.75) is 33.1 Å². The fourth-order valence-electron chi connectivity index (χ4n) is 1.64. The Bertz CT molecular complexity index is 352. The van der Waals surface area contributed by atoms with Crippen LogP contribution in [0.15, 0.2) is 24.3 Å². The molecule has 0 spiro atoms. The summed E-state index contributed by atoms with van der Waals surface area (Å²) in [6.45, 7) is 3.92. The van der Waals surface area contributed by atoms with Crippen molar-refractivity contribution in [3.05, 3.63) is 29.8 Å². The molecule has 1 rings (SSSR count). The first-order chi connectivity index (χ1) is 7.39. The van der Waals surface area contributed by atoms with Crippen molar-refractivity contribution < 1.29 is 15.0 Å². The molecule has 16 heavy (non-hydrogen) atoms. The van der Waals surface area contributed by atoms with Crippen molar-refractivity contribution in [1.82, 2.24) is 0 Å². The Kier molecular flexibility index (Phi) is 3.93. The van der Waals surface area contributed by atoms with Crippen LogP contribution < -0.4 is 0 Å². The molecule has 0 bridgehead atoms. The van der Waals surface area contributed by atoms with E-state index in [1.165, 1.54) is 0 Å². The molecule has 3 heteroatoms. The molecular weight excluding hydrogens is 204 g/mol. The molecular formula is C13H18O3. The molecule has 88 valence electrons. The van der Waals surface area contributed by atoms with E-state index in [2.05, 4.69) is 0 Å². The highest BCUT2D eigenvalue weighted by Gasteiger charge is 2.21. The van der Waals surface area contributed by atoms with Gasteiger partial charge in [0.2, 0.25) is 0 Å². The summed E-state index contributed by atoms with van der Waals surface area (Å²) in [6.07, 6.45) is 1.84. The Balaban J connectivity index is 2.50. The number of aryl methyl sites for hydroxylation is 1. The fourth-order valence-corrected chi connectivity index (χ4v) is 1.64. The summed E-state index contributed by atoms with van der Waals surface area (Å²) in [5, 5.41) is 17.9. The summed E-state index contributed by atoms with van der Waals surface area (Å²) in [4.78, 5) is 10.6. The number of hydrogen-bond acceptors (Lipinski definition) is 2. The Labute approximate surface area is 95.7 Å². The zero-order chi connectivity index (χ0) is 12.2. The van der Waals surface area contributed by atoms with Crippen LogP contribution in [0.1, 0.15) is 32.3 Å².